The van der Waals surface area contributed by atoms with Crippen LogP contribution in [0.2, 0.25) is 0 Å². The summed E-state index contributed by atoms with van der Waals surface area (Å²) < 4.78 is 0. The third-order valence-electron chi connectivity index (χ3n) is 3.12. The molecule has 2 rings (SSSR count). The number of anilines is 2. The molecule has 0 bridgehead atoms. The molecule has 0 fully saturated rings. The highest BCUT2D eigenvalue weighted by atomic mass is 15.2. The Hall–Kier alpha value is -1.18. The Labute approximate surface area is 85.7 Å². The summed E-state index contributed by atoms with van der Waals surface area (Å²) >= 11 is 0. The first kappa shape index (κ1) is 9.38. The zero-order chi connectivity index (χ0) is 10.1. The molecule has 1 atom stereocenters. The molecule has 2 N–H and O–H groups in total. The van der Waals surface area contributed by atoms with E-state index in [0.29, 0.717) is 6.04 Å². The van der Waals surface area contributed by atoms with Gasteiger partial charge in [0.2, 0.25) is 0 Å². The number of rotatable bonds is 1. The smallest absolute Gasteiger partial charge is 0.0402 e. The lowest BCUT2D eigenvalue weighted by Gasteiger charge is -2.36. The van der Waals surface area contributed by atoms with Crippen molar-refractivity contribution in [2.24, 2.45) is 0 Å². The van der Waals surface area contributed by atoms with Gasteiger partial charge in [0.1, 0.15) is 0 Å². The van der Waals surface area contributed by atoms with Crippen LogP contribution in [-0.2, 0) is 6.42 Å². The molecule has 14 heavy (non-hydrogen) atoms. The number of nitrogens with two attached hydrogens (primary N) is 1. The number of benzene rings is 1. The summed E-state index contributed by atoms with van der Waals surface area (Å²) in [5, 5.41) is 0. The summed E-state index contributed by atoms with van der Waals surface area (Å²) in [4.78, 5) is 2.46. The van der Waals surface area contributed by atoms with E-state index in [9.17, 15) is 0 Å². The summed E-state index contributed by atoms with van der Waals surface area (Å²) in [6.07, 6.45) is 2.41. The highest BCUT2D eigenvalue weighted by molar-refractivity contribution is 5.61. The Bertz CT molecular complexity index is 333. The number of aryl methyl sites for hydroxylation is 1. The first-order chi connectivity index (χ1) is 6.72. The van der Waals surface area contributed by atoms with Crippen LogP contribution in [0, 0.1) is 0 Å². The van der Waals surface area contributed by atoms with E-state index in [0.717, 1.165) is 18.7 Å². The quantitative estimate of drug-likeness (QED) is 0.689. The lowest BCUT2D eigenvalue weighted by molar-refractivity contribution is 0.573. The van der Waals surface area contributed by atoms with E-state index in [4.69, 9.17) is 5.73 Å². The first-order valence-electron chi connectivity index (χ1n) is 5.37. The van der Waals surface area contributed by atoms with Crippen molar-refractivity contribution in [3.05, 3.63) is 23.8 Å². The average molecular weight is 190 g/mol. The van der Waals surface area contributed by atoms with Crippen LogP contribution >= 0.6 is 0 Å². The van der Waals surface area contributed by atoms with Crippen molar-refractivity contribution in [2.45, 2.75) is 32.7 Å². The van der Waals surface area contributed by atoms with Gasteiger partial charge in [-0.15, -0.1) is 0 Å². The van der Waals surface area contributed by atoms with Crippen molar-refractivity contribution >= 4 is 11.4 Å². The van der Waals surface area contributed by atoms with Crippen LogP contribution in [-0.4, -0.2) is 12.6 Å². The van der Waals surface area contributed by atoms with Gasteiger partial charge in [0, 0.05) is 24.0 Å². The molecule has 0 aliphatic carbocycles. The molecular weight excluding hydrogens is 172 g/mol. The molecule has 0 spiro atoms. The Morgan fingerprint density at radius 2 is 2.29 bits per heavy atom. The van der Waals surface area contributed by atoms with Crippen LogP contribution in [0.5, 0.6) is 0 Å². The highest BCUT2D eigenvalue weighted by Crippen LogP contribution is 2.31. The zero-order valence-corrected chi connectivity index (χ0v) is 8.96. The standard InChI is InChI=1S/C12H18N2/c1-3-14-9(2)4-5-10-8-11(13)6-7-12(10)14/h6-9H,3-5,13H2,1-2H3. The van der Waals surface area contributed by atoms with Crippen LogP contribution in [0.3, 0.4) is 0 Å². The van der Waals surface area contributed by atoms with Crippen molar-refractivity contribution < 1.29 is 0 Å². The third-order valence-corrected chi connectivity index (χ3v) is 3.12. The predicted molar refractivity (Wildman–Crippen MR) is 61.7 cm³/mol. The van der Waals surface area contributed by atoms with Crippen molar-refractivity contribution in [1.82, 2.24) is 0 Å². The third kappa shape index (κ3) is 1.45. The van der Waals surface area contributed by atoms with Gasteiger partial charge in [0.15, 0.2) is 0 Å². The second-order valence-electron chi connectivity index (χ2n) is 4.06. The lowest BCUT2D eigenvalue weighted by Crippen LogP contribution is -2.36. The van der Waals surface area contributed by atoms with Crippen molar-refractivity contribution in [1.29, 1.82) is 0 Å². The molecule has 2 nitrogen and oxygen atoms in total. The summed E-state index contributed by atoms with van der Waals surface area (Å²) in [5.74, 6) is 0. The van der Waals surface area contributed by atoms with Crippen molar-refractivity contribution in [3.8, 4) is 0 Å². The molecule has 1 aliphatic rings. The minimum Gasteiger partial charge on any atom is -0.399 e. The summed E-state index contributed by atoms with van der Waals surface area (Å²) in [5.41, 5.74) is 9.45. The SMILES string of the molecule is CCN1c2ccc(N)cc2CCC1C. The summed E-state index contributed by atoms with van der Waals surface area (Å²) in [7, 11) is 0. The molecule has 0 amide bonds. The van der Waals surface area contributed by atoms with E-state index in [1.165, 1.54) is 17.7 Å². The fourth-order valence-electron chi connectivity index (χ4n) is 2.33. The molecule has 76 valence electrons. The lowest BCUT2D eigenvalue weighted by atomic mass is 9.96. The van der Waals surface area contributed by atoms with E-state index in [2.05, 4.69) is 30.9 Å². The molecular formula is C12H18N2. The predicted octanol–water partition coefficient (Wildman–Crippen LogP) is 2.43. The van der Waals surface area contributed by atoms with Gasteiger partial charge < -0.3 is 10.6 Å². The molecule has 1 aliphatic heterocycles. The van der Waals surface area contributed by atoms with E-state index in [-0.39, 0.29) is 0 Å². The average Bonchev–Trinajstić information content (AvgIpc) is 2.18. The molecule has 2 heteroatoms. The topological polar surface area (TPSA) is 29.3 Å². The minimum atomic E-state index is 0.663. The summed E-state index contributed by atoms with van der Waals surface area (Å²) in [6, 6.07) is 6.93. The fourth-order valence-corrected chi connectivity index (χ4v) is 2.33. The number of hydrogen-bond acceptors (Lipinski definition) is 2. The number of nitrogen functional groups attached to an aromatic ring is 1. The normalized spacial score (nSPS) is 20.7. The van der Waals surface area contributed by atoms with E-state index >= 15 is 0 Å². The van der Waals surface area contributed by atoms with Crippen LogP contribution < -0.4 is 10.6 Å². The Morgan fingerprint density at radius 3 is 3.00 bits per heavy atom. The molecule has 1 aromatic rings. The maximum Gasteiger partial charge on any atom is 0.0402 e. The Morgan fingerprint density at radius 1 is 1.50 bits per heavy atom. The number of nitrogens with zero attached hydrogens (tertiary/aromatic N) is 1. The monoisotopic (exact) mass is 190 g/mol. The van der Waals surface area contributed by atoms with Gasteiger partial charge in [0.25, 0.3) is 0 Å². The van der Waals surface area contributed by atoms with Gasteiger partial charge in [-0.2, -0.15) is 0 Å². The Kier molecular flexibility index (Phi) is 2.36. The van der Waals surface area contributed by atoms with Gasteiger partial charge in [-0.1, -0.05) is 0 Å². The molecule has 0 radical (unpaired) electrons. The molecule has 1 aromatic carbocycles. The van der Waals surface area contributed by atoms with Crippen LogP contribution in [0.25, 0.3) is 0 Å². The van der Waals surface area contributed by atoms with Crippen LogP contribution in [0.1, 0.15) is 25.8 Å². The van der Waals surface area contributed by atoms with Gasteiger partial charge in [-0.3, -0.25) is 0 Å². The molecule has 0 aromatic heterocycles. The van der Waals surface area contributed by atoms with E-state index in [1.54, 1.807) is 0 Å². The van der Waals surface area contributed by atoms with Crippen molar-refractivity contribution in [3.63, 3.8) is 0 Å². The highest BCUT2D eigenvalue weighted by Gasteiger charge is 2.21. The van der Waals surface area contributed by atoms with Gasteiger partial charge >= 0.3 is 0 Å². The van der Waals surface area contributed by atoms with Gasteiger partial charge in [-0.25, -0.2) is 0 Å². The Balaban J connectivity index is 2.41. The molecule has 0 saturated heterocycles. The van der Waals surface area contributed by atoms with Gasteiger partial charge in [0.05, 0.1) is 0 Å². The first-order valence-corrected chi connectivity index (χ1v) is 5.37. The number of hydrogen-bond donors (Lipinski definition) is 1. The van der Waals surface area contributed by atoms with Crippen molar-refractivity contribution in [2.75, 3.05) is 17.2 Å². The maximum absolute atomic E-state index is 5.78. The van der Waals surface area contributed by atoms with Gasteiger partial charge in [-0.05, 0) is 50.5 Å². The second kappa shape index (κ2) is 3.52. The largest absolute Gasteiger partial charge is 0.399 e. The molecule has 0 saturated carbocycles. The zero-order valence-electron chi connectivity index (χ0n) is 8.96. The molecule has 1 heterocycles. The number of fused-ring (bicyclic) bond motifs is 1. The molecule has 1 unspecified atom stereocenters. The van der Waals surface area contributed by atoms with Crippen LogP contribution in [0.15, 0.2) is 18.2 Å². The minimum absolute atomic E-state index is 0.663. The van der Waals surface area contributed by atoms with Crippen LogP contribution in [0.4, 0.5) is 11.4 Å². The van der Waals surface area contributed by atoms with E-state index in [1.807, 2.05) is 6.07 Å². The fraction of sp³-hybridized carbons (Fsp3) is 0.500. The summed E-state index contributed by atoms with van der Waals surface area (Å²) in [6.45, 7) is 5.59. The maximum atomic E-state index is 5.78. The van der Waals surface area contributed by atoms with E-state index < -0.39 is 0 Å². The second-order valence-corrected chi connectivity index (χ2v) is 4.06.